The Balaban J connectivity index is 1.45. The van der Waals surface area contributed by atoms with E-state index >= 15 is 0 Å². The summed E-state index contributed by atoms with van der Waals surface area (Å²) >= 11 is 0. The van der Waals surface area contributed by atoms with E-state index < -0.39 is 23.7 Å². The number of nitrogens with zero attached hydrogens (tertiary/aromatic N) is 7. The molecule has 1 saturated heterocycles. The number of rotatable bonds is 3. The monoisotopic (exact) mass is 421 g/mol. The number of aromatic nitrogens is 6. The van der Waals surface area contributed by atoms with Crippen LogP contribution in [0.4, 0.5) is 13.2 Å². The summed E-state index contributed by atoms with van der Waals surface area (Å²) in [5, 5.41) is 11.8. The minimum atomic E-state index is -4.71. The molecule has 9 nitrogen and oxygen atoms in total. The smallest absolute Gasteiger partial charge is 0.337 e. The summed E-state index contributed by atoms with van der Waals surface area (Å²) in [6.07, 6.45) is -2.71. The van der Waals surface area contributed by atoms with E-state index in [0.717, 1.165) is 11.7 Å². The zero-order valence-corrected chi connectivity index (χ0v) is 16.0. The van der Waals surface area contributed by atoms with Gasteiger partial charge >= 0.3 is 11.9 Å². The first kappa shape index (κ1) is 19.9. The van der Waals surface area contributed by atoms with Gasteiger partial charge in [-0.3, -0.25) is 9.36 Å². The first-order chi connectivity index (χ1) is 14.3. The van der Waals surface area contributed by atoms with Crippen LogP contribution >= 0.6 is 0 Å². The van der Waals surface area contributed by atoms with E-state index in [0.29, 0.717) is 23.1 Å². The second-order valence-corrected chi connectivity index (χ2v) is 6.99. The van der Waals surface area contributed by atoms with Crippen LogP contribution in [0.25, 0.3) is 5.69 Å². The second kappa shape index (κ2) is 7.43. The molecule has 0 radical (unpaired) electrons. The number of hydrogen-bond acceptors (Lipinski definition) is 5. The maximum absolute atomic E-state index is 13.0. The largest absolute Gasteiger partial charge is 0.451 e. The Morgan fingerprint density at radius 3 is 2.37 bits per heavy atom. The summed E-state index contributed by atoms with van der Waals surface area (Å²) in [7, 11) is 1.05. The number of alkyl halides is 3. The average Bonchev–Trinajstić information content (AvgIpc) is 3.34. The highest BCUT2D eigenvalue weighted by molar-refractivity contribution is 5.92. The summed E-state index contributed by atoms with van der Waals surface area (Å²) < 4.78 is 40.3. The molecule has 0 saturated carbocycles. The summed E-state index contributed by atoms with van der Waals surface area (Å²) in [5.41, 5.74) is 0.0647. The lowest BCUT2D eigenvalue weighted by Crippen LogP contribution is -2.41. The number of para-hydroxylation sites is 1. The predicted molar refractivity (Wildman–Crippen MR) is 98.0 cm³/mol. The van der Waals surface area contributed by atoms with Gasteiger partial charge in [-0.05, 0) is 25.0 Å². The van der Waals surface area contributed by atoms with Crippen molar-refractivity contribution in [1.29, 1.82) is 0 Å². The van der Waals surface area contributed by atoms with Crippen LogP contribution in [0, 0.1) is 0 Å². The molecule has 0 spiro atoms. The van der Waals surface area contributed by atoms with Crippen LogP contribution in [-0.2, 0) is 13.2 Å². The maximum atomic E-state index is 13.0. The van der Waals surface area contributed by atoms with Crippen molar-refractivity contribution < 1.29 is 18.0 Å². The number of likely N-dealkylation sites (tertiary alicyclic amines) is 1. The third kappa shape index (κ3) is 3.60. The van der Waals surface area contributed by atoms with Gasteiger partial charge in [-0.2, -0.15) is 23.1 Å². The number of hydrogen-bond donors (Lipinski definition) is 0. The van der Waals surface area contributed by atoms with Crippen molar-refractivity contribution in [1.82, 2.24) is 34.2 Å². The van der Waals surface area contributed by atoms with Gasteiger partial charge in [0, 0.05) is 20.1 Å². The van der Waals surface area contributed by atoms with Crippen molar-refractivity contribution in [3.63, 3.8) is 0 Å². The van der Waals surface area contributed by atoms with Crippen molar-refractivity contribution in [3.8, 4) is 5.69 Å². The molecule has 1 aliphatic heterocycles. The second-order valence-electron chi connectivity index (χ2n) is 6.99. The highest BCUT2D eigenvalue weighted by atomic mass is 19.4. The lowest BCUT2D eigenvalue weighted by molar-refractivity contribution is -0.147. The predicted octanol–water partition coefficient (Wildman–Crippen LogP) is 1.66. The van der Waals surface area contributed by atoms with Crippen molar-refractivity contribution in [2.75, 3.05) is 13.1 Å². The van der Waals surface area contributed by atoms with Gasteiger partial charge in [0.15, 0.2) is 5.69 Å². The minimum Gasteiger partial charge on any atom is -0.337 e. The molecule has 158 valence electrons. The van der Waals surface area contributed by atoms with E-state index in [4.69, 9.17) is 0 Å². The molecule has 3 heterocycles. The third-order valence-corrected chi connectivity index (χ3v) is 5.05. The van der Waals surface area contributed by atoms with Gasteiger partial charge in [0.1, 0.15) is 0 Å². The molecule has 1 amide bonds. The van der Waals surface area contributed by atoms with Gasteiger partial charge in [0.2, 0.25) is 5.82 Å². The van der Waals surface area contributed by atoms with Crippen LogP contribution in [0.2, 0.25) is 0 Å². The normalized spacial score (nSPS) is 15.5. The molecule has 1 aromatic carbocycles. The average molecular weight is 421 g/mol. The molecule has 0 unspecified atom stereocenters. The SMILES string of the molecule is Cn1c(C(F)(F)F)nn(C2CCN(C(=O)c3cnn(-c4ccccc4)n3)CC2)c1=O. The van der Waals surface area contributed by atoms with E-state index in [1.165, 1.54) is 11.0 Å². The standard InChI is InChI=1S/C18H18F3N7O2/c1-25-16(18(19,20)21)24-27(17(25)30)12-7-9-26(10-8-12)15(29)14-11-22-28(23-14)13-5-3-2-4-6-13/h2-6,11-12H,7-10H2,1H3. The lowest BCUT2D eigenvalue weighted by Gasteiger charge is -2.31. The van der Waals surface area contributed by atoms with Gasteiger partial charge in [0.05, 0.1) is 17.9 Å². The maximum Gasteiger partial charge on any atom is 0.451 e. The zero-order chi connectivity index (χ0) is 21.5. The van der Waals surface area contributed by atoms with Gasteiger partial charge in [-0.25, -0.2) is 9.48 Å². The molecule has 0 atom stereocenters. The fourth-order valence-corrected chi connectivity index (χ4v) is 3.46. The fraction of sp³-hybridized carbons (Fsp3) is 0.389. The molecule has 1 fully saturated rings. The lowest BCUT2D eigenvalue weighted by atomic mass is 10.1. The van der Waals surface area contributed by atoms with Gasteiger partial charge in [0.25, 0.3) is 5.91 Å². The first-order valence-corrected chi connectivity index (χ1v) is 9.25. The minimum absolute atomic E-state index is 0.173. The molecule has 30 heavy (non-hydrogen) atoms. The topological polar surface area (TPSA) is 90.8 Å². The van der Waals surface area contributed by atoms with Gasteiger partial charge in [-0.1, -0.05) is 18.2 Å². The van der Waals surface area contributed by atoms with Crippen LogP contribution in [0.3, 0.4) is 0 Å². The molecule has 3 aromatic rings. The number of carbonyl (C=O) groups excluding carboxylic acids is 1. The molecule has 4 rings (SSSR count). The summed E-state index contributed by atoms with van der Waals surface area (Å²) in [4.78, 5) is 27.8. The summed E-state index contributed by atoms with van der Waals surface area (Å²) in [5.74, 6) is -1.55. The third-order valence-electron chi connectivity index (χ3n) is 5.05. The quantitative estimate of drug-likeness (QED) is 0.642. The number of benzene rings is 1. The summed E-state index contributed by atoms with van der Waals surface area (Å²) in [6, 6.07) is 8.61. The van der Waals surface area contributed by atoms with Crippen molar-refractivity contribution in [3.05, 3.63) is 58.5 Å². The Morgan fingerprint density at radius 2 is 1.77 bits per heavy atom. The Hall–Kier alpha value is -3.44. The van der Waals surface area contributed by atoms with E-state index in [9.17, 15) is 22.8 Å². The van der Waals surface area contributed by atoms with E-state index in [2.05, 4.69) is 15.3 Å². The number of piperidine rings is 1. The Labute approximate surface area is 168 Å². The Bertz CT molecular complexity index is 1110. The molecule has 12 heteroatoms. The fourth-order valence-electron chi connectivity index (χ4n) is 3.46. The number of halogens is 3. The van der Waals surface area contributed by atoms with Crippen LogP contribution in [0.15, 0.2) is 41.3 Å². The van der Waals surface area contributed by atoms with Crippen LogP contribution in [0.1, 0.15) is 35.2 Å². The number of carbonyl (C=O) groups is 1. The Kier molecular flexibility index (Phi) is 4.92. The van der Waals surface area contributed by atoms with Crippen LogP contribution in [-0.4, -0.2) is 53.2 Å². The highest BCUT2D eigenvalue weighted by Gasteiger charge is 2.39. The molecule has 0 N–H and O–H groups in total. The molecular weight excluding hydrogens is 403 g/mol. The summed E-state index contributed by atoms with van der Waals surface area (Å²) in [6.45, 7) is 0.540. The van der Waals surface area contributed by atoms with E-state index in [1.807, 2.05) is 18.2 Å². The van der Waals surface area contributed by atoms with E-state index in [1.54, 1.807) is 17.0 Å². The van der Waals surface area contributed by atoms with Crippen LogP contribution < -0.4 is 5.69 Å². The van der Waals surface area contributed by atoms with Crippen molar-refractivity contribution in [2.45, 2.75) is 25.1 Å². The van der Waals surface area contributed by atoms with Crippen LogP contribution in [0.5, 0.6) is 0 Å². The highest BCUT2D eigenvalue weighted by Crippen LogP contribution is 2.28. The van der Waals surface area contributed by atoms with E-state index in [-0.39, 0.29) is 24.7 Å². The van der Waals surface area contributed by atoms with Crippen molar-refractivity contribution >= 4 is 5.91 Å². The molecule has 2 aromatic heterocycles. The molecular formula is C18H18F3N7O2. The molecule has 0 aliphatic carbocycles. The Morgan fingerprint density at radius 1 is 1.10 bits per heavy atom. The zero-order valence-electron chi connectivity index (χ0n) is 16.0. The van der Waals surface area contributed by atoms with Gasteiger partial charge in [-0.15, -0.1) is 10.2 Å². The van der Waals surface area contributed by atoms with Gasteiger partial charge < -0.3 is 4.90 Å². The molecule has 0 bridgehead atoms. The van der Waals surface area contributed by atoms with Crippen molar-refractivity contribution in [2.24, 2.45) is 7.05 Å². The molecule has 1 aliphatic rings. The first-order valence-electron chi connectivity index (χ1n) is 9.25. The number of amides is 1.